The Morgan fingerprint density at radius 2 is 2.15 bits per heavy atom. The van der Waals surface area contributed by atoms with Gasteiger partial charge >= 0.3 is 12.2 Å². The second kappa shape index (κ2) is 9.38. The van der Waals surface area contributed by atoms with Crippen LogP contribution in [0.25, 0.3) is 5.57 Å². The number of hydroxylamine groups is 1. The summed E-state index contributed by atoms with van der Waals surface area (Å²) in [5, 5.41) is 12.1. The zero-order valence-corrected chi connectivity index (χ0v) is 17.8. The highest BCUT2D eigenvalue weighted by Gasteiger charge is 2.31. The fourth-order valence-electron chi connectivity index (χ4n) is 3.39. The summed E-state index contributed by atoms with van der Waals surface area (Å²) < 4.78 is 37.9. The Morgan fingerprint density at radius 3 is 2.73 bits per heavy atom. The molecule has 0 radical (unpaired) electrons. The monoisotopic (exact) mass is 481 g/mol. The van der Waals surface area contributed by atoms with Gasteiger partial charge in [-0.05, 0) is 41.8 Å². The largest absolute Gasteiger partial charge is 0.417 e. The van der Waals surface area contributed by atoms with E-state index in [0.29, 0.717) is 35.6 Å². The molecular weight excluding hydrogens is 463 g/mol. The van der Waals surface area contributed by atoms with Crippen LogP contribution < -0.4 is 10.8 Å². The number of rotatable bonds is 4. The van der Waals surface area contributed by atoms with Gasteiger partial charge in [0.25, 0.3) is 0 Å². The lowest BCUT2D eigenvalue weighted by Crippen LogP contribution is -2.38. The summed E-state index contributed by atoms with van der Waals surface area (Å²) in [7, 11) is 0. The van der Waals surface area contributed by atoms with E-state index in [0.717, 1.165) is 23.3 Å². The fraction of sp³-hybridized carbons (Fsp3) is 0.286. The van der Waals surface area contributed by atoms with Gasteiger partial charge in [-0.1, -0.05) is 17.7 Å². The molecule has 12 heteroatoms. The number of aliphatic hydroxyl groups excluding tert-OH is 1. The van der Waals surface area contributed by atoms with Crippen molar-refractivity contribution in [1.82, 2.24) is 20.3 Å². The number of hydrogen-bond donors (Lipinski definition) is 3. The Hall–Kier alpha value is -3.15. The molecular formula is C21H19ClF3N5O3. The summed E-state index contributed by atoms with van der Waals surface area (Å²) in [6.07, 6.45) is 1.91. The third kappa shape index (κ3) is 5.27. The van der Waals surface area contributed by atoms with Gasteiger partial charge in [-0.3, -0.25) is 10.3 Å². The van der Waals surface area contributed by atoms with Gasteiger partial charge in [-0.25, -0.2) is 9.78 Å². The first-order valence-corrected chi connectivity index (χ1v) is 10.3. The Balaban J connectivity index is 1.38. The molecule has 2 aliphatic rings. The number of amides is 2. The summed E-state index contributed by atoms with van der Waals surface area (Å²) in [6.45, 7) is 0.440. The quantitative estimate of drug-likeness (QED) is 0.612. The molecule has 0 saturated heterocycles. The molecule has 4 rings (SSSR count). The van der Waals surface area contributed by atoms with Crippen molar-refractivity contribution < 1.29 is 27.9 Å². The topological polar surface area (TPSA) is 99.6 Å². The zero-order valence-electron chi connectivity index (χ0n) is 17.1. The van der Waals surface area contributed by atoms with Crippen molar-refractivity contribution in [2.24, 2.45) is 0 Å². The van der Waals surface area contributed by atoms with E-state index in [1.54, 1.807) is 18.3 Å². The molecule has 1 atom stereocenters. The lowest BCUT2D eigenvalue weighted by molar-refractivity contribution is -0.137. The van der Waals surface area contributed by atoms with E-state index in [4.69, 9.17) is 21.5 Å². The number of carbonyl (C=O) groups excluding carboxylic acids is 1. The van der Waals surface area contributed by atoms with E-state index in [1.165, 1.54) is 4.90 Å². The van der Waals surface area contributed by atoms with Gasteiger partial charge < -0.3 is 14.8 Å². The number of halogens is 4. The minimum absolute atomic E-state index is 0.0333. The number of aromatic nitrogens is 2. The van der Waals surface area contributed by atoms with E-state index >= 15 is 0 Å². The van der Waals surface area contributed by atoms with Crippen LogP contribution in [0.4, 0.5) is 23.8 Å². The predicted molar refractivity (Wildman–Crippen MR) is 114 cm³/mol. The van der Waals surface area contributed by atoms with Gasteiger partial charge in [0.15, 0.2) is 0 Å². The number of hydrogen-bond acceptors (Lipinski definition) is 6. The number of alkyl halides is 3. The highest BCUT2D eigenvalue weighted by atomic mass is 35.5. The Morgan fingerprint density at radius 1 is 1.33 bits per heavy atom. The van der Waals surface area contributed by atoms with Crippen molar-refractivity contribution in [3.8, 4) is 0 Å². The Bertz CT molecular complexity index is 1110. The second-order valence-corrected chi connectivity index (χ2v) is 7.78. The number of aliphatic hydroxyl groups is 1. The summed E-state index contributed by atoms with van der Waals surface area (Å²) in [5.41, 5.74) is 4.14. The molecule has 2 aromatic rings. The number of urea groups is 1. The van der Waals surface area contributed by atoms with Crippen molar-refractivity contribution in [3.05, 3.63) is 70.3 Å². The normalized spacial score (nSPS) is 18.5. The predicted octanol–water partition coefficient (Wildman–Crippen LogP) is 3.92. The molecule has 174 valence electrons. The van der Waals surface area contributed by atoms with Gasteiger partial charge in [0.05, 0.1) is 22.3 Å². The van der Waals surface area contributed by atoms with E-state index in [2.05, 4.69) is 20.8 Å². The van der Waals surface area contributed by atoms with Crippen molar-refractivity contribution in [3.63, 3.8) is 0 Å². The molecule has 2 aliphatic heterocycles. The van der Waals surface area contributed by atoms with Gasteiger partial charge in [0.2, 0.25) is 0 Å². The molecule has 2 amide bonds. The van der Waals surface area contributed by atoms with Gasteiger partial charge in [-0.15, -0.1) is 5.48 Å². The minimum Gasteiger partial charge on any atom is -0.410 e. The molecule has 0 saturated carbocycles. The third-order valence-corrected chi connectivity index (χ3v) is 5.46. The number of pyridine rings is 2. The maximum Gasteiger partial charge on any atom is 0.417 e. The van der Waals surface area contributed by atoms with E-state index in [9.17, 15) is 18.0 Å². The third-order valence-electron chi connectivity index (χ3n) is 5.17. The smallest absolute Gasteiger partial charge is 0.410 e. The molecule has 0 spiro atoms. The van der Waals surface area contributed by atoms with Crippen LogP contribution in [0.1, 0.15) is 29.3 Å². The summed E-state index contributed by atoms with van der Waals surface area (Å²) in [5.74, 6) is 0.450. The van der Waals surface area contributed by atoms with Crippen molar-refractivity contribution in [2.45, 2.75) is 18.6 Å². The van der Waals surface area contributed by atoms with E-state index in [1.807, 2.05) is 6.08 Å². The van der Waals surface area contributed by atoms with Crippen molar-refractivity contribution >= 4 is 29.0 Å². The molecule has 4 heterocycles. The minimum atomic E-state index is -4.49. The molecule has 2 aromatic heterocycles. The summed E-state index contributed by atoms with van der Waals surface area (Å²) in [4.78, 5) is 27.2. The first-order valence-electron chi connectivity index (χ1n) is 9.92. The molecule has 0 bridgehead atoms. The number of anilines is 1. The first-order chi connectivity index (χ1) is 15.7. The summed E-state index contributed by atoms with van der Waals surface area (Å²) >= 11 is 6.44. The highest BCUT2D eigenvalue weighted by molar-refractivity contribution is 6.32. The van der Waals surface area contributed by atoms with Gasteiger partial charge in [0.1, 0.15) is 18.2 Å². The average Bonchev–Trinajstić information content (AvgIpc) is 3.28. The maximum absolute atomic E-state index is 12.6. The highest BCUT2D eigenvalue weighted by Crippen LogP contribution is 2.31. The van der Waals surface area contributed by atoms with E-state index < -0.39 is 17.8 Å². The van der Waals surface area contributed by atoms with Gasteiger partial charge in [-0.2, -0.15) is 13.2 Å². The number of nitrogens with one attached hydrogen (secondary N) is 2. The summed E-state index contributed by atoms with van der Waals surface area (Å²) in [6, 6.07) is 3.00. The molecule has 1 unspecified atom stereocenters. The Labute approximate surface area is 191 Å². The molecule has 8 nitrogen and oxygen atoms in total. The van der Waals surface area contributed by atoms with Crippen LogP contribution in [0.2, 0.25) is 5.02 Å². The lowest BCUT2D eigenvalue weighted by Gasteiger charge is -2.26. The number of carbonyl (C=O) groups is 1. The maximum atomic E-state index is 12.6. The molecule has 3 N–H and O–H groups in total. The van der Waals surface area contributed by atoms with Crippen LogP contribution in [-0.2, 0) is 11.0 Å². The van der Waals surface area contributed by atoms with Crippen LogP contribution in [0.15, 0.2) is 48.5 Å². The molecule has 0 aromatic carbocycles. The van der Waals surface area contributed by atoms with Crippen LogP contribution in [-0.4, -0.2) is 45.7 Å². The van der Waals surface area contributed by atoms with Crippen LogP contribution >= 0.6 is 11.6 Å². The SMILES string of the molecule is O=C(Nc1ccc(C(F)(F)F)cn1)N1CC=C(c2ncc(C3C=C(CO)ON3)cc2Cl)CC1. The second-order valence-electron chi connectivity index (χ2n) is 7.37. The standard InChI is InChI=1S/C21H19ClF3N5O3/c22-16-7-13(17-8-15(11-31)33-29-17)9-27-19(16)12-3-5-30(6-4-12)20(32)28-18-2-1-14(10-26-18)21(23,24)25/h1-3,7-10,17,29,31H,4-6,11H2,(H,26,28,32). The van der Waals surface area contributed by atoms with E-state index in [-0.39, 0.29) is 25.0 Å². The van der Waals surface area contributed by atoms with Gasteiger partial charge in [0, 0.05) is 25.5 Å². The molecule has 0 fully saturated rings. The van der Waals surface area contributed by atoms with Crippen molar-refractivity contribution in [1.29, 1.82) is 0 Å². The number of nitrogens with zero attached hydrogens (tertiary/aromatic N) is 3. The lowest BCUT2D eigenvalue weighted by atomic mass is 10.0. The first kappa shape index (κ1) is 23.0. The zero-order chi connectivity index (χ0) is 23.6. The van der Waals surface area contributed by atoms with Crippen LogP contribution in [0.5, 0.6) is 0 Å². The van der Waals surface area contributed by atoms with Crippen LogP contribution in [0, 0.1) is 0 Å². The van der Waals surface area contributed by atoms with Crippen molar-refractivity contribution in [2.75, 3.05) is 25.0 Å². The average molecular weight is 482 g/mol. The fourth-order valence-corrected chi connectivity index (χ4v) is 3.69. The Kier molecular flexibility index (Phi) is 6.54. The molecule has 0 aliphatic carbocycles. The molecule has 33 heavy (non-hydrogen) atoms. The van der Waals surface area contributed by atoms with Crippen LogP contribution in [0.3, 0.4) is 0 Å².